The molecule has 0 aliphatic heterocycles. The van der Waals surface area contributed by atoms with Crippen LogP contribution in [-0.4, -0.2) is 45.1 Å². The van der Waals surface area contributed by atoms with Crippen molar-refractivity contribution in [1.82, 2.24) is 20.8 Å². The van der Waals surface area contributed by atoms with Gasteiger partial charge < -0.3 is 20.8 Å². The predicted molar refractivity (Wildman–Crippen MR) is 61.8 cm³/mol. The first-order chi connectivity index (χ1) is 8.54. The first-order valence-corrected chi connectivity index (χ1v) is 5.44. The van der Waals surface area contributed by atoms with E-state index in [1.165, 1.54) is 0 Å². The molecule has 8 nitrogen and oxygen atoms in total. The van der Waals surface area contributed by atoms with E-state index < -0.39 is 18.0 Å². The van der Waals surface area contributed by atoms with Gasteiger partial charge in [0.15, 0.2) is 0 Å². The molecule has 0 bridgehead atoms. The number of carbonyl (C=O) groups is 2. The summed E-state index contributed by atoms with van der Waals surface area (Å²) in [7, 11) is 0. The summed E-state index contributed by atoms with van der Waals surface area (Å²) in [6, 6.07) is -2.01. The minimum atomic E-state index is -1.19. The van der Waals surface area contributed by atoms with Crippen molar-refractivity contribution < 1.29 is 19.8 Å². The molecule has 2 amide bonds. The Morgan fingerprint density at radius 2 is 2.22 bits per heavy atom. The number of aliphatic hydroxyl groups is 1. The number of amides is 2. The number of aromatic amines is 1. The van der Waals surface area contributed by atoms with Crippen molar-refractivity contribution in [3.63, 3.8) is 0 Å². The Morgan fingerprint density at radius 1 is 1.50 bits per heavy atom. The van der Waals surface area contributed by atoms with Gasteiger partial charge in [-0.3, -0.25) is 5.10 Å². The Labute approximate surface area is 103 Å². The summed E-state index contributed by atoms with van der Waals surface area (Å²) in [6.07, 6.45) is 3.16. The van der Waals surface area contributed by atoms with Crippen LogP contribution in [0.4, 0.5) is 4.79 Å². The number of H-pyrrole nitrogens is 1. The summed E-state index contributed by atoms with van der Waals surface area (Å²) in [4.78, 5) is 22.3. The summed E-state index contributed by atoms with van der Waals surface area (Å²) >= 11 is 0. The molecule has 0 saturated heterocycles. The second kappa shape index (κ2) is 6.60. The normalized spacial score (nSPS) is 13.7. The third kappa shape index (κ3) is 4.06. The van der Waals surface area contributed by atoms with E-state index in [1.54, 1.807) is 19.3 Å². The molecule has 1 unspecified atom stereocenters. The molecule has 0 spiro atoms. The van der Waals surface area contributed by atoms with E-state index in [2.05, 4.69) is 20.8 Å². The van der Waals surface area contributed by atoms with Crippen LogP contribution in [0.15, 0.2) is 12.4 Å². The molecule has 18 heavy (non-hydrogen) atoms. The number of carboxylic acid groups (broad SMARTS) is 1. The zero-order valence-electron chi connectivity index (χ0n) is 9.88. The smallest absolute Gasteiger partial charge is 0.326 e. The van der Waals surface area contributed by atoms with Gasteiger partial charge in [0.05, 0.1) is 12.2 Å². The molecule has 0 aliphatic carbocycles. The monoisotopic (exact) mass is 256 g/mol. The van der Waals surface area contributed by atoms with Crippen LogP contribution in [0.3, 0.4) is 0 Å². The van der Waals surface area contributed by atoms with Crippen LogP contribution in [-0.2, 0) is 4.79 Å². The number of urea groups is 1. The highest BCUT2D eigenvalue weighted by molar-refractivity contribution is 5.82. The van der Waals surface area contributed by atoms with E-state index in [-0.39, 0.29) is 19.1 Å². The third-order valence-corrected chi connectivity index (χ3v) is 2.39. The summed E-state index contributed by atoms with van der Waals surface area (Å²) < 4.78 is 0. The number of carboxylic acids is 1. The maximum absolute atomic E-state index is 11.5. The minimum absolute atomic E-state index is 0.0388. The van der Waals surface area contributed by atoms with E-state index >= 15 is 0 Å². The Balaban J connectivity index is 2.47. The van der Waals surface area contributed by atoms with Crippen molar-refractivity contribution in [2.45, 2.75) is 25.4 Å². The minimum Gasteiger partial charge on any atom is -0.480 e. The van der Waals surface area contributed by atoms with Crippen LogP contribution >= 0.6 is 0 Å². The summed E-state index contributed by atoms with van der Waals surface area (Å²) in [6.45, 7) is 1.43. The molecule has 1 heterocycles. The standard InChI is InChI=1S/C10H16N4O4/c1-6(7-4-11-12-5-7)13-10(18)14-8(2-3-15)9(16)17/h4-6,8,15H,2-3H2,1H3,(H,11,12)(H,16,17)(H2,13,14,18)/t6?,8-/m0/s1. The van der Waals surface area contributed by atoms with Gasteiger partial charge in [0, 0.05) is 24.8 Å². The lowest BCUT2D eigenvalue weighted by molar-refractivity contribution is -0.139. The first-order valence-electron chi connectivity index (χ1n) is 5.44. The number of rotatable bonds is 6. The fourth-order valence-electron chi connectivity index (χ4n) is 1.36. The van der Waals surface area contributed by atoms with Gasteiger partial charge >= 0.3 is 12.0 Å². The number of aliphatic carboxylic acids is 1. The van der Waals surface area contributed by atoms with Gasteiger partial charge in [0.1, 0.15) is 6.04 Å². The van der Waals surface area contributed by atoms with Gasteiger partial charge in [-0.25, -0.2) is 9.59 Å². The number of carbonyl (C=O) groups excluding carboxylic acids is 1. The van der Waals surface area contributed by atoms with Gasteiger partial charge in [-0.05, 0) is 6.92 Å². The highest BCUT2D eigenvalue weighted by Crippen LogP contribution is 2.08. The van der Waals surface area contributed by atoms with Crippen molar-refractivity contribution in [3.8, 4) is 0 Å². The Morgan fingerprint density at radius 3 is 2.72 bits per heavy atom. The maximum atomic E-state index is 11.5. The summed E-state index contributed by atoms with van der Waals surface area (Å²) in [5.74, 6) is -1.19. The van der Waals surface area contributed by atoms with Crippen molar-refractivity contribution in [2.75, 3.05) is 6.61 Å². The van der Waals surface area contributed by atoms with Crippen molar-refractivity contribution >= 4 is 12.0 Å². The second-order valence-electron chi connectivity index (χ2n) is 3.77. The zero-order chi connectivity index (χ0) is 13.5. The van der Waals surface area contributed by atoms with Crippen molar-refractivity contribution in [3.05, 3.63) is 18.0 Å². The fourth-order valence-corrected chi connectivity index (χ4v) is 1.36. The Kier molecular flexibility index (Phi) is 5.12. The van der Waals surface area contributed by atoms with E-state index in [1.807, 2.05) is 0 Å². The van der Waals surface area contributed by atoms with Gasteiger partial charge in [0.2, 0.25) is 0 Å². The second-order valence-corrected chi connectivity index (χ2v) is 3.77. The fraction of sp³-hybridized carbons (Fsp3) is 0.500. The number of aromatic nitrogens is 2. The number of nitrogens with zero attached hydrogens (tertiary/aromatic N) is 1. The van der Waals surface area contributed by atoms with E-state index in [0.717, 1.165) is 5.56 Å². The molecule has 8 heteroatoms. The Bertz CT molecular complexity index is 393. The van der Waals surface area contributed by atoms with Crippen molar-refractivity contribution in [2.24, 2.45) is 0 Å². The van der Waals surface area contributed by atoms with Crippen LogP contribution < -0.4 is 10.6 Å². The van der Waals surface area contributed by atoms with Crippen LogP contribution in [0.5, 0.6) is 0 Å². The zero-order valence-corrected chi connectivity index (χ0v) is 9.88. The van der Waals surface area contributed by atoms with Crippen molar-refractivity contribution in [1.29, 1.82) is 0 Å². The van der Waals surface area contributed by atoms with Crippen LogP contribution in [0.2, 0.25) is 0 Å². The SMILES string of the molecule is CC(NC(=O)N[C@@H](CCO)C(=O)O)c1cn[nH]c1. The average Bonchev–Trinajstić information content (AvgIpc) is 2.81. The topological polar surface area (TPSA) is 127 Å². The predicted octanol–water partition coefficient (Wildman–Crippen LogP) is -0.394. The molecule has 0 fully saturated rings. The molecule has 2 atom stereocenters. The quantitative estimate of drug-likeness (QED) is 0.473. The van der Waals surface area contributed by atoms with Gasteiger partial charge in [-0.1, -0.05) is 0 Å². The molecule has 0 aliphatic rings. The average molecular weight is 256 g/mol. The number of hydrogen-bond acceptors (Lipinski definition) is 4. The van der Waals surface area contributed by atoms with Gasteiger partial charge in [0.25, 0.3) is 0 Å². The lowest BCUT2D eigenvalue weighted by atomic mass is 10.2. The van der Waals surface area contributed by atoms with Gasteiger partial charge in [-0.2, -0.15) is 5.10 Å². The molecular formula is C10H16N4O4. The molecular weight excluding hydrogens is 240 g/mol. The number of nitrogens with one attached hydrogen (secondary N) is 3. The highest BCUT2D eigenvalue weighted by Gasteiger charge is 2.20. The van der Waals surface area contributed by atoms with Crippen LogP contribution in [0, 0.1) is 0 Å². The molecule has 0 radical (unpaired) electrons. The molecule has 1 aromatic rings. The maximum Gasteiger partial charge on any atom is 0.326 e. The summed E-state index contributed by atoms with van der Waals surface area (Å²) in [5, 5.41) is 28.7. The molecule has 0 saturated carbocycles. The highest BCUT2D eigenvalue weighted by atomic mass is 16.4. The molecule has 100 valence electrons. The van der Waals surface area contributed by atoms with E-state index in [9.17, 15) is 9.59 Å². The largest absolute Gasteiger partial charge is 0.480 e. The first kappa shape index (κ1) is 14.0. The van der Waals surface area contributed by atoms with E-state index in [0.29, 0.717) is 0 Å². The summed E-state index contributed by atoms with van der Waals surface area (Å²) in [5.41, 5.74) is 0.777. The molecule has 1 rings (SSSR count). The lowest BCUT2D eigenvalue weighted by Gasteiger charge is -2.17. The van der Waals surface area contributed by atoms with Gasteiger partial charge in [-0.15, -0.1) is 0 Å². The lowest BCUT2D eigenvalue weighted by Crippen LogP contribution is -2.46. The molecule has 1 aromatic heterocycles. The number of aliphatic hydroxyl groups excluding tert-OH is 1. The molecule has 0 aromatic carbocycles. The van der Waals surface area contributed by atoms with Crippen LogP contribution in [0.1, 0.15) is 24.9 Å². The number of hydrogen-bond donors (Lipinski definition) is 5. The van der Waals surface area contributed by atoms with E-state index in [4.69, 9.17) is 10.2 Å². The third-order valence-electron chi connectivity index (χ3n) is 2.39. The Hall–Kier alpha value is -2.09. The molecule has 5 N–H and O–H groups in total. The van der Waals surface area contributed by atoms with Crippen LogP contribution in [0.25, 0.3) is 0 Å².